The smallest absolute Gasteiger partial charge is 0.0825 e. The number of allylic oxidation sites excluding steroid dienone is 1. The molecule has 1 saturated heterocycles. The summed E-state index contributed by atoms with van der Waals surface area (Å²) in [5.41, 5.74) is 2.66. The fraction of sp³-hybridized carbons (Fsp3) is 0.619. The Balaban J connectivity index is 1.46. The third kappa shape index (κ3) is 4.23. The lowest BCUT2D eigenvalue weighted by Crippen LogP contribution is -2.19. The van der Waals surface area contributed by atoms with Gasteiger partial charge < -0.3 is 4.74 Å². The SMILES string of the molecule is Cc1ccc(C2CCC(/C=C/C3CCC(C)CC3)CO2)cc1. The van der Waals surface area contributed by atoms with Crippen molar-refractivity contribution in [2.75, 3.05) is 6.61 Å². The number of benzene rings is 1. The van der Waals surface area contributed by atoms with Crippen LogP contribution < -0.4 is 0 Å². The largest absolute Gasteiger partial charge is 0.373 e. The molecule has 1 heterocycles. The second-order valence-electron chi connectivity index (χ2n) is 7.47. The summed E-state index contributed by atoms with van der Waals surface area (Å²) >= 11 is 0. The van der Waals surface area contributed by atoms with Crippen molar-refractivity contribution < 1.29 is 4.74 Å². The van der Waals surface area contributed by atoms with Crippen LogP contribution in [-0.4, -0.2) is 6.61 Å². The van der Waals surface area contributed by atoms with Crippen molar-refractivity contribution in [3.05, 3.63) is 47.5 Å². The van der Waals surface area contributed by atoms with Crippen LogP contribution in [0.15, 0.2) is 36.4 Å². The molecule has 120 valence electrons. The summed E-state index contributed by atoms with van der Waals surface area (Å²) in [5.74, 6) is 2.39. The van der Waals surface area contributed by atoms with E-state index in [0.29, 0.717) is 12.0 Å². The van der Waals surface area contributed by atoms with Gasteiger partial charge in [-0.2, -0.15) is 0 Å². The lowest BCUT2D eigenvalue weighted by Gasteiger charge is -2.29. The molecule has 0 N–H and O–H groups in total. The summed E-state index contributed by atoms with van der Waals surface area (Å²) in [6.07, 6.45) is 13.3. The Hall–Kier alpha value is -1.08. The van der Waals surface area contributed by atoms with Crippen LogP contribution in [0, 0.1) is 24.7 Å². The third-order valence-electron chi connectivity index (χ3n) is 5.48. The molecular weight excluding hydrogens is 268 g/mol. The molecule has 1 aliphatic heterocycles. The minimum atomic E-state index is 0.306. The first-order valence-electron chi connectivity index (χ1n) is 9.07. The van der Waals surface area contributed by atoms with Crippen LogP contribution in [0.1, 0.15) is 62.7 Å². The first-order valence-corrected chi connectivity index (χ1v) is 9.07. The highest BCUT2D eigenvalue weighted by Crippen LogP contribution is 2.33. The summed E-state index contributed by atoms with van der Waals surface area (Å²) in [5, 5.41) is 0. The van der Waals surface area contributed by atoms with Gasteiger partial charge in [0.05, 0.1) is 12.7 Å². The molecule has 1 nitrogen and oxygen atoms in total. The van der Waals surface area contributed by atoms with Gasteiger partial charge in [0.25, 0.3) is 0 Å². The minimum Gasteiger partial charge on any atom is -0.373 e. The monoisotopic (exact) mass is 298 g/mol. The van der Waals surface area contributed by atoms with Gasteiger partial charge in [-0.25, -0.2) is 0 Å². The molecule has 2 atom stereocenters. The Morgan fingerprint density at radius 2 is 1.50 bits per heavy atom. The Labute approximate surface area is 135 Å². The molecule has 0 bridgehead atoms. The van der Waals surface area contributed by atoms with Gasteiger partial charge in [0.2, 0.25) is 0 Å². The van der Waals surface area contributed by atoms with Crippen LogP contribution in [-0.2, 0) is 4.74 Å². The van der Waals surface area contributed by atoms with E-state index in [1.165, 1.54) is 43.2 Å². The van der Waals surface area contributed by atoms with E-state index in [9.17, 15) is 0 Å². The van der Waals surface area contributed by atoms with Gasteiger partial charge in [0, 0.05) is 5.92 Å². The lowest BCUT2D eigenvalue weighted by molar-refractivity contribution is -0.00536. The van der Waals surface area contributed by atoms with E-state index in [1.54, 1.807) is 0 Å². The van der Waals surface area contributed by atoms with Gasteiger partial charge in [-0.05, 0) is 50.0 Å². The van der Waals surface area contributed by atoms with E-state index in [2.05, 4.69) is 50.3 Å². The fourth-order valence-corrected chi connectivity index (χ4v) is 3.76. The standard InChI is InChI=1S/C21H30O/c1-16-3-7-18(8-4-16)9-10-19-11-14-21(22-15-19)20-12-5-17(2)6-13-20/h5-6,9-10,12-13,16,18-19,21H,3-4,7-8,11,14-15H2,1-2H3/b10-9+. The van der Waals surface area contributed by atoms with Crippen LogP contribution in [0.5, 0.6) is 0 Å². The molecule has 2 unspecified atom stereocenters. The number of aryl methyl sites for hydroxylation is 1. The molecule has 3 rings (SSSR count). The molecule has 1 aromatic rings. The molecule has 0 aromatic heterocycles. The van der Waals surface area contributed by atoms with Crippen LogP contribution in [0.4, 0.5) is 0 Å². The maximum atomic E-state index is 6.12. The molecule has 1 heteroatoms. The van der Waals surface area contributed by atoms with E-state index in [-0.39, 0.29) is 0 Å². The van der Waals surface area contributed by atoms with Crippen molar-refractivity contribution in [1.29, 1.82) is 0 Å². The Bertz CT molecular complexity index is 471. The van der Waals surface area contributed by atoms with Gasteiger partial charge in [-0.1, -0.05) is 61.7 Å². The van der Waals surface area contributed by atoms with E-state index in [1.807, 2.05) is 0 Å². The number of hydrogen-bond acceptors (Lipinski definition) is 1. The topological polar surface area (TPSA) is 9.23 Å². The minimum absolute atomic E-state index is 0.306. The maximum Gasteiger partial charge on any atom is 0.0825 e. The predicted octanol–water partition coefficient (Wildman–Crippen LogP) is 5.85. The lowest BCUT2D eigenvalue weighted by atomic mass is 9.82. The molecular formula is C21H30O. The van der Waals surface area contributed by atoms with Crippen LogP contribution >= 0.6 is 0 Å². The normalized spacial score (nSPS) is 33.2. The Morgan fingerprint density at radius 3 is 2.14 bits per heavy atom. The molecule has 2 fully saturated rings. The number of hydrogen-bond donors (Lipinski definition) is 0. The van der Waals surface area contributed by atoms with E-state index in [0.717, 1.165) is 24.9 Å². The number of ether oxygens (including phenoxy) is 1. The molecule has 0 spiro atoms. The average Bonchev–Trinajstić information content (AvgIpc) is 2.56. The molecule has 1 aromatic carbocycles. The maximum absolute atomic E-state index is 6.12. The zero-order valence-corrected chi connectivity index (χ0v) is 14.1. The zero-order chi connectivity index (χ0) is 15.4. The van der Waals surface area contributed by atoms with E-state index >= 15 is 0 Å². The van der Waals surface area contributed by atoms with Crippen molar-refractivity contribution in [1.82, 2.24) is 0 Å². The Morgan fingerprint density at radius 1 is 0.864 bits per heavy atom. The molecule has 0 amide bonds. The van der Waals surface area contributed by atoms with E-state index in [4.69, 9.17) is 4.74 Å². The number of rotatable bonds is 3. The summed E-state index contributed by atoms with van der Waals surface area (Å²) in [7, 11) is 0. The first-order chi connectivity index (χ1) is 10.7. The highest BCUT2D eigenvalue weighted by Gasteiger charge is 2.22. The van der Waals surface area contributed by atoms with Gasteiger partial charge in [-0.15, -0.1) is 0 Å². The van der Waals surface area contributed by atoms with Crippen molar-refractivity contribution in [3.8, 4) is 0 Å². The summed E-state index contributed by atoms with van der Waals surface area (Å²) in [4.78, 5) is 0. The van der Waals surface area contributed by atoms with E-state index < -0.39 is 0 Å². The Kier molecular flexibility index (Phi) is 5.36. The molecule has 22 heavy (non-hydrogen) atoms. The fourth-order valence-electron chi connectivity index (χ4n) is 3.76. The average molecular weight is 298 g/mol. The zero-order valence-electron chi connectivity index (χ0n) is 14.1. The van der Waals surface area contributed by atoms with Gasteiger partial charge in [0.1, 0.15) is 0 Å². The van der Waals surface area contributed by atoms with Crippen LogP contribution in [0.2, 0.25) is 0 Å². The van der Waals surface area contributed by atoms with Gasteiger partial charge >= 0.3 is 0 Å². The second kappa shape index (κ2) is 7.46. The highest BCUT2D eigenvalue weighted by molar-refractivity contribution is 5.23. The van der Waals surface area contributed by atoms with Crippen LogP contribution in [0.25, 0.3) is 0 Å². The molecule has 1 aliphatic carbocycles. The van der Waals surface area contributed by atoms with Crippen molar-refractivity contribution in [2.45, 2.75) is 58.5 Å². The molecule has 1 saturated carbocycles. The van der Waals surface area contributed by atoms with Gasteiger partial charge in [0.15, 0.2) is 0 Å². The quantitative estimate of drug-likeness (QED) is 0.636. The van der Waals surface area contributed by atoms with Crippen molar-refractivity contribution >= 4 is 0 Å². The second-order valence-corrected chi connectivity index (χ2v) is 7.47. The molecule has 2 aliphatic rings. The third-order valence-corrected chi connectivity index (χ3v) is 5.48. The predicted molar refractivity (Wildman–Crippen MR) is 92.9 cm³/mol. The first kappa shape index (κ1) is 15.8. The van der Waals surface area contributed by atoms with Crippen LogP contribution in [0.3, 0.4) is 0 Å². The molecule has 0 radical (unpaired) electrons. The summed E-state index contributed by atoms with van der Waals surface area (Å²) in [6, 6.07) is 8.82. The van der Waals surface area contributed by atoms with Crippen molar-refractivity contribution in [2.24, 2.45) is 17.8 Å². The summed E-state index contributed by atoms with van der Waals surface area (Å²) < 4.78 is 6.12. The summed E-state index contributed by atoms with van der Waals surface area (Å²) in [6.45, 7) is 5.41. The highest BCUT2D eigenvalue weighted by atomic mass is 16.5. The van der Waals surface area contributed by atoms with Gasteiger partial charge in [-0.3, -0.25) is 0 Å². The van der Waals surface area contributed by atoms with Crippen molar-refractivity contribution in [3.63, 3.8) is 0 Å².